The Labute approximate surface area is 117 Å². The maximum Gasteiger partial charge on any atom is 0.108 e. The van der Waals surface area contributed by atoms with Crippen LogP contribution in [-0.2, 0) is 13.0 Å². The highest BCUT2D eigenvalue weighted by atomic mass is 15.1. The monoisotopic (exact) mass is 263 g/mol. The maximum absolute atomic E-state index is 4.57. The molecule has 0 amide bonds. The van der Waals surface area contributed by atoms with Crippen LogP contribution in [0.5, 0.6) is 0 Å². The van der Waals surface area contributed by atoms with Crippen LogP contribution in [0.4, 0.5) is 0 Å². The highest BCUT2D eigenvalue weighted by Gasteiger charge is 2.34. The Balaban J connectivity index is 2.09. The van der Waals surface area contributed by atoms with Gasteiger partial charge in [-0.25, -0.2) is 4.98 Å². The molecule has 1 heterocycles. The third-order valence-corrected chi connectivity index (χ3v) is 4.73. The molecule has 0 aliphatic heterocycles. The Hall–Kier alpha value is -0.830. The molecule has 2 rings (SSSR count). The molecule has 1 fully saturated rings. The standard InChI is InChI=1S/C16H29N3/c1-5-19-9-8-18-15(19)10-14-11-16(2,3)7-6-13(14)12-17-4/h8-9,13-14,17H,5-7,10-12H2,1-4H3. The van der Waals surface area contributed by atoms with Gasteiger partial charge in [0.2, 0.25) is 0 Å². The van der Waals surface area contributed by atoms with Gasteiger partial charge < -0.3 is 9.88 Å². The molecule has 2 unspecified atom stereocenters. The number of rotatable bonds is 5. The molecule has 1 aliphatic carbocycles. The molecule has 2 atom stereocenters. The summed E-state index contributed by atoms with van der Waals surface area (Å²) in [7, 11) is 2.07. The predicted molar refractivity (Wildman–Crippen MR) is 80.1 cm³/mol. The van der Waals surface area contributed by atoms with E-state index in [0.717, 1.165) is 31.3 Å². The molecule has 3 nitrogen and oxygen atoms in total. The lowest BCUT2D eigenvalue weighted by Gasteiger charge is -2.41. The van der Waals surface area contributed by atoms with Crippen molar-refractivity contribution < 1.29 is 0 Å². The second kappa shape index (κ2) is 6.08. The molecule has 0 bridgehead atoms. The number of nitrogens with zero attached hydrogens (tertiary/aromatic N) is 2. The number of aromatic nitrogens is 2. The Kier molecular flexibility index (Phi) is 4.67. The van der Waals surface area contributed by atoms with Gasteiger partial charge in [-0.05, 0) is 57.0 Å². The topological polar surface area (TPSA) is 29.9 Å². The summed E-state index contributed by atoms with van der Waals surface area (Å²) in [5, 5.41) is 3.38. The quantitative estimate of drug-likeness (QED) is 0.884. The lowest BCUT2D eigenvalue weighted by atomic mass is 9.66. The number of imidazole rings is 1. The van der Waals surface area contributed by atoms with Crippen LogP contribution in [0.3, 0.4) is 0 Å². The van der Waals surface area contributed by atoms with E-state index in [-0.39, 0.29) is 0 Å². The third kappa shape index (κ3) is 3.59. The number of hydrogen-bond acceptors (Lipinski definition) is 2. The molecule has 1 aliphatic rings. The summed E-state index contributed by atoms with van der Waals surface area (Å²) in [6.07, 6.45) is 9.23. The molecule has 1 N–H and O–H groups in total. The molecule has 1 saturated carbocycles. The molecule has 1 aromatic heterocycles. The largest absolute Gasteiger partial charge is 0.335 e. The number of aryl methyl sites for hydroxylation is 1. The van der Waals surface area contributed by atoms with Crippen LogP contribution in [0.1, 0.15) is 45.9 Å². The highest BCUT2D eigenvalue weighted by Crippen LogP contribution is 2.42. The Bertz CT molecular complexity index is 394. The zero-order valence-corrected chi connectivity index (χ0v) is 12.9. The van der Waals surface area contributed by atoms with Gasteiger partial charge >= 0.3 is 0 Å². The summed E-state index contributed by atoms with van der Waals surface area (Å²) < 4.78 is 2.29. The normalized spacial score (nSPS) is 26.5. The van der Waals surface area contributed by atoms with E-state index in [1.165, 1.54) is 25.1 Å². The second-order valence-corrected chi connectivity index (χ2v) is 6.82. The predicted octanol–water partition coefficient (Wildman–Crippen LogP) is 3.11. The van der Waals surface area contributed by atoms with E-state index in [1.54, 1.807) is 0 Å². The zero-order chi connectivity index (χ0) is 13.9. The first kappa shape index (κ1) is 14.6. The molecular weight excluding hydrogens is 234 g/mol. The van der Waals surface area contributed by atoms with E-state index in [4.69, 9.17) is 0 Å². The molecule has 108 valence electrons. The fourth-order valence-corrected chi connectivity index (χ4v) is 3.61. The van der Waals surface area contributed by atoms with Crippen LogP contribution in [0.2, 0.25) is 0 Å². The summed E-state index contributed by atoms with van der Waals surface area (Å²) >= 11 is 0. The van der Waals surface area contributed by atoms with Gasteiger partial charge in [0.1, 0.15) is 5.82 Å². The lowest BCUT2D eigenvalue weighted by Crippen LogP contribution is -2.36. The average Bonchev–Trinajstić information content (AvgIpc) is 2.79. The summed E-state index contributed by atoms with van der Waals surface area (Å²) in [5.74, 6) is 2.84. The molecule has 0 aromatic carbocycles. The average molecular weight is 263 g/mol. The van der Waals surface area contributed by atoms with Crippen molar-refractivity contribution >= 4 is 0 Å². The molecule has 0 saturated heterocycles. The van der Waals surface area contributed by atoms with Crippen molar-refractivity contribution in [2.75, 3.05) is 13.6 Å². The first-order valence-electron chi connectivity index (χ1n) is 7.70. The van der Waals surface area contributed by atoms with Gasteiger partial charge in [-0.1, -0.05) is 13.8 Å². The first-order valence-corrected chi connectivity index (χ1v) is 7.70. The minimum Gasteiger partial charge on any atom is -0.335 e. The van der Waals surface area contributed by atoms with Crippen molar-refractivity contribution in [2.45, 2.75) is 53.0 Å². The van der Waals surface area contributed by atoms with Crippen LogP contribution in [0, 0.1) is 17.3 Å². The molecule has 1 aromatic rings. The Morgan fingerprint density at radius 1 is 1.42 bits per heavy atom. The van der Waals surface area contributed by atoms with Crippen molar-refractivity contribution in [1.82, 2.24) is 14.9 Å². The van der Waals surface area contributed by atoms with Crippen LogP contribution < -0.4 is 5.32 Å². The van der Waals surface area contributed by atoms with E-state index in [9.17, 15) is 0 Å². The maximum atomic E-state index is 4.57. The van der Waals surface area contributed by atoms with E-state index in [2.05, 4.69) is 48.9 Å². The molecule has 0 spiro atoms. The fraction of sp³-hybridized carbons (Fsp3) is 0.812. The van der Waals surface area contributed by atoms with Gasteiger partial charge in [-0.2, -0.15) is 0 Å². The molecule has 3 heteroatoms. The van der Waals surface area contributed by atoms with E-state index >= 15 is 0 Å². The van der Waals surface area contributed by atoms with Gasteiger partial charge in [-0.15, -0.1) is 0 Å². The smallest absolute Gasteiger partial charge is 0.108 e. The van der Waals surface area contributed by atoms with Gasteiger partial charge in [0, 0.05) is 25.4 Å². The van der Waals surface area contributed by atoms with Crippen LogP contribution in [-0.4, -0.2) is 23.1 Å². The van der Waals surface area contributed by atoms with Gasteiger partial charge in [0.05, 0.1) is 0 Å². The van der Waals surface area contributed by atoms with Gasteiger partial charge in [0.25, 0.3) is 0 Å². The highest BCUT2D eigenvalue weighted by molar-refractivity contribution is 4.97. The SMILES string of the molecule is CCn1ccnc1CC1CC(C)(C)CCC1CNC. The summed E-state index contributed by atoms with van der Waals surface area (Å²) in [5.41, 5.74) is 0.499. The van der Waals surface area contributed by atoms with E-state index < -0.39 is 0 Å². The first-order chi connectivity index (χ1) is 9.05. The lowest BCUT2D eigenvalue weighted by molar-refractivity contribution is 0.115. The number of nitrogens with one attached hydrogen (secondary N) is 1. The Morgan fingerprint density at radius 2 is 2.21 bits per heavy atom. The summed E-state index contributed by atoms with van der Waals surface area (Å²) in [4.78, 5) is 4.57. The third-order valence-electron chi connectivity index (χ3n) is 4.73. The van der Waals surface area contributed by atoms with Crippen LogP contribution in [0.15, 0.2) is 12.4 Å². The zero-order valence-electron chi connectivity index (χ0n) is 12.9. The second-order valence-electron chi connectivity index (χ2n) is 6.82. The van der Waals surface area contributed by atoms with Crippen LogP contribution >= 0.6 is 0 Å². The molecular formula is C16H29N3. The molecule has 0 radical (unpaired) electrons. The summed E-state index contributed by atoms with van der Waals surface area (Å²) in [6.45, 7) is 9.21. The molecule has 19 heavy (non-hydrogen) atoms. The minimum atomic E-state index is 0.499. The van der Waals surface area contributed by atoms with E-state index in [1.807, 2.05) is 6.20 Å². The van der Waals surface area contributed by atoms with Crippen molar-refractivity contribution in [3.63, 3.8) is 0 Å². The number of hydrogen-bond donors (Lipinski definition) is 1. The Morgan fingerprint density at radius 3 is 2.89 bits per heavy atom. The van der Waals surface area contributed by atoms with Crippen molar-refractivity contribution in [3.8, 4) is 0 Å². The van der Waals surface area contributed by atoms with Crippen molar-refractivity contribution in [2.24, 2.45) is 17.3 Å². The fourth-order valence-electron chi connectivity index (χ4n) is 3.61. The van der Waals surface area contributed by atoms with Gasteiger partial charge in [0.15, 0.2) is 0 Å². The van der Waals surface area contributed by atoms with Gasteiger partial charge in [-0.3, -0.25) is 0 Å². The van der Waals surface area contributed by atoms with Crippen molar-refractivity contribution in [3.05, 3.63) is 18.2 Å². The van der Waals surface area contributed by atoms with Crippen LogP contribution in [0.25, 0.3) is 0 Å². The minimum absolute atomic E-state index is 0.499. The summed E-state index contributed by atoms with van der Waals surface area (Å²) in [6, 6.07) is 0. The van der Waals surface area contributed by atoms with E-state index in [0.29, 0.717) is 5.41 Å². The van der Waals surface area contributed by atoms with Crippen molar-refractivity contribution in [1.29, 1.82) is 0 Å².